The topological polar surface area (TPSA) is 66.4 Å². The van der Waals surface area contributed by atoms with Crippen LogP contribution in [0.2, 0.25) is 0 Å². The Kier molecular flexibility index (Phi) is 5.63. The quantitative estimate of drug-likeness (QED) is 0.844. The van der Waals surface area contributed by atoms with Gasteiger partial charge in [-0.1, -0.05) is 26.0 Å². The van der Waals surface area contributed by atoms with Crippen molar-refractivity contribution >= 4 is 15.5 Å². The van der Waals surface area contributed by atoms with Crippen LogP contribution in [0.5, 0.6) is 0 Å². The lowest BCUT2D eigenvalue weighted by atomic mass is 10.0. The summed E-state index contributed by atoms with van der Waals surface area (Å²) in [5, 5.41) is 11.9. The minimum atomic E-state index is -5.43. The van der Waals surface area contributed by atoms with E-state index < -0.39 is 26.3 Å². The molecule has 0 heterocycles. The van der Waals surface area contributed by atoms with Crippen molar-refractivity contribution in [3.05, 3.63) is 24.3 Å². The minimum Gasteiger partial charge on any atom is -0.394 e. The Balaban J connectivity index is 3.17. The lowest BCUT2D eigenvalue weighted by Gasteiger charge is -2.21. The number of para-hydroxylation sites is 1. The first-order chi connectivity index (χ1) is 9.59. The summed E-state index contributed by atoms with van der Waals surface area (Å²) >= 11 is 0. The molecule has 1 atom stereocenters. The van der Waals surface area contributed by atoms with Gasteiger partial charge in [-0.15, -0.1) is 0 Å². The predicted octanol–water partition coefficient (Wildman–Crippen LogP) is 2.80. The number of sulfone groups is 1. The average molecular weight is 325 g/mol. The van der Waals surface area contributed by atoms with Gasteiger partial charge in [0.1, 0.15) is 0 Å². The van der Waals surface area contributed by atoms with Crippen LogP contribution in [0.25, 0.3) is 0 Å². The molecule has 0 radical (unpaired) electrons. The fraction of sp³-hybridized carbons (Fsp3) is 0.538. The predicted molar refractivity (Wildman–Crippen MR) is 73.6 cm³/mol. The van der Waals surface area contributed by atoms with Crippen LogP contribution < -0.4 is 5.32 Å². The van der Waals surface area contributed by atoms with Crippen molar-refractivity contribution in [1.29, 1.82) is 0 Å². The Hall–Kier alpha value is -1.28. The molecule has 120 valence electrons. The van der Waals surface area contributed by atoms with Crippen molar-refractivity contribution in [2.45, 2.75) is 36.7 Å². The maximum atomic E-state index is 12.7. The van der Waals surface area contributed by atoms with Crippen LogP contribution in [-0.4, -0.2) is 31.7 Å². The number of anilines is 1. The second-order valence-corrected chi connectivity index (χ2v) is 7.01. The van der Waals surface area contributed by atoms with E-state index in [0.29, 0.717) is 6.42 Å². The lowest BCUT2D eigenvalue weighted by molar-refractivity contribution is -0.0435. The van der Waals surface area contributed by atoms with Gasteiger partial charge in [0.05, 0.1) is 17.2 Å². The van der Waals surface area contributed by atoms with Crippen LogP contribution in [0.4, 0.5) is 18.9 Å². The van der Waals surface area contributed by atoms with Gasteiger partial charge in [0, 0.05) is 6.04 Å². The largest absolute Gasteiger partial charge is 0.501 e. The lowest BCUT2D eigenvalue weighted by Crippen LogP contribution is -2.29. The molecule has 0 spiro atoms. The SMILES string of the molecule is CC(C)CC(CO)Nc1ccccc1S(=O)(=O)C(F)(F)F. The van der Waals surface area contributed by atoms with E-state index in [2.05, 4.69) is 5.32 Å². The van der Waals surface area contributed by atoms with E-state index in [9.17, 15) is 26.7 Å². The summed E-state index contributed by atoms with van der Waals surface area (Å²) in [4.78, 5) is -0.834. The molecule has 21 heavy (non-hydrogen) atoms. The highest BCUT2D eigenvalue weighted by Crippen LogP contribution is 2.34. The summed E-state index contributed by atoms with van der Waals surface area (Å²) in [7, 11) is -5.43. The highest BCUT2D eigenvalue weighted by atomic mass is 32.2. The van der Waals surface area contributed by atoms with Crippen molar-refractivity contribution in [1.82, 2.24) is 0 Å². The molecule has 0 bridgehead atoms. The summed E-state index contributed by atoms with van der Waals surface area (Å²) in [5.41, 5.74) is -5.52. The van der Waals surface area contributed by atoms with Crippen LogP contribution in [0.3, 0.4) is 0 Å². The number of rotatable bonds is 6. The highest BCUT2D eigenvalue weighted by molar-refractivity contribution is 7.92. The number of hydrogen-bond donors (Lipinski definition) is 2. The first kappa shape index (κ1) is 17.8. The zero-order valence-corrected chi connectivity index (χ0v) is 12.5. The first-order valence-electron chi connectivity index (χ1n) is 6.37. The molecular formula is C13H18F3NO3S. The van der Waals surface area contributed by atoms with Crippen LogP contribution in [0.15, 0.2) is 29.2 Å². The molecule has 8 heteroatoms. The van der Waals surface area contributed by atoms with E-state index in [0.717, 1.165) is 6.07 Å². The first-order valence-corrected chi connectivity index (χ1v) is 7.85. The number of benzene rings is 1. The Labute approximate surface area is 121 Å². The molecule has 0 saturated heterocycles. The van der Waals surface area contributed by atoms with Gasteiger partial charge >= 0.3 is 5.51 Å². The monoisotopic (exact) mass is 325 g/mol. The van der Waals surface area contributed by atoms with E-state index in [4.69, 9.17) is 0 Å². The highest BCUT2D eigenvalue weighted by Gasteiger charge is 2.48. The second-order valence-electron chi connectivity index (χ2n) is 5.10. The van der Waals surface area contributed by atoms with Crippen molar-refractivity contribution in [2.75, 3.05) is 11.9 Å². The fourth-order valence-corrected chi connectivity index (χ4v) is 2.84. The number of alkyl halides is 3. The summed E-state index contributed by atoms with van der Waals surface area (Å²) in [6, 6.07) is 4.28. The normalized spacial score (nSPS) is 14.2. The van der Waals surface area contributed by atoms with Gasteiger partial charge < -0.3 is 10.4 Å². The molecule has 0 aliphatic carbocycles. The van der Waals surface area contributed by atoms with Gasteiger partial charge in [0.25, 0.3) is 9.84 Å². The summed E-state index contributed by atoms with van der Waals surface area (Å²) < 4.78 is 61.1. The molecule has 0 aromatic heterocycles. The van der Waals surface area contributed by atoms with Crippen molar-refractivity contribution in [3.8, 4) is 0 Å². The van der Waals surface area contributed by atoms with Crippen LogP contribution in [-0.2, 0) is 9.84 Å². The van der Waals surface area contributed by atoms with Crippen LogP contribution in [0.1, 0.15) is 20.3 Å². The molecule has 1 rings (SSSR count). The zero-order valence-electron chi connectivity index (χ0n) is 11.7. The number of aliphatic hydroxyl groups is 1. The summed E-state index contributed by atoms with van der Waals surface area (Å²) in [6.45, 7) is 3.48. The molecule has 4 nitrogen and oxygen atoms in total. The Morgan fingerprint density at radius 1 is 1.24 bits per heavy atom. The maximum Gasteiger partial charge on any atom is 0.501 e. The van der Waals surface area contributed by atoms with Crippen molar-refractivity contribution in [3.63, 3.8) is 0 Å². The molecule has 0 fully saturated rings. The van der Waals surface area contributed by atoms with Crippen molar-refractivity contribution < 1.29 is 26.7 Å². The third-order valence-electron chi connectivity index (χ3n) is 2.82. The Bertz CT molecular complexity index is 570. The number of aliphatic hydroxyl groups excluding tert-OH is 1. The summed E-state index contributed by atoms with van der Waals surface area (Å²) in [5.74, 6) is 0.195. The van der Waals surface area contributed by atoms with Gasteiger partial charge in [-0.2, -0.15) is 13.2 Å². The fourth-order valence-electron chi connectivity index (χ4n) is 1.91. The standard InChI is InChI=1S/C13H18F3NO3S/c1-9(2)7-10(8-18)17-11-5-3-4-6-12(11)21(19,20)13(14,15)16/h3-6,9-10,17-18H,7-8H2,1-2H3. The number of hydrogen-bond acceptors (Lipinski definition) is 4. The van der Waals surface area contributed by atoms with Crippen molar-refractivity contribution in [2.24, 2.45) is 5.92 Å². The molecular weight excluding hydrogens is 307 g/mol. The van der Waals surface area contributed by atoms with Gasteiger partial charge in [0.15, 0.2) is 0 Å². The molecule has 1 aromatic rings. The second kappa shape index (κ2) is 6.65. The summed E-state index contributed by atoms with van der Waals surface area (Å²) in [6.07, 6.45) is 0.497. The van der Waals surface area contributed by atoms with Gasteiger partial charge in [-0.05, 0) is 24.5 Å². The molecule has 0 aliphatic heterocycles. The molecule has 0 amide bonds. The van der Waals surface area contributed by atoms with E-state index in [1.165, 1.54) is 18.2 Å². The zero-order chi connectivity index (χ0) is 16.3. The van der Waals surface area contributed by atoms with Crippen LogP contribution in [0, 0.1) is 5.92 Å². The van der Waals surface area contributed by atoms with Crippen LogP contribution >= 0.6 is 0 Å². The molecule has 0 saturated carbocycles. The van der Waals surface area contributed by atoms with Gasteiger partial charge in [-0.25, -0.2) is 8.42 Å². The molecule has 1 unspecified atom stereocenters. The van der Waals surface area contributed by atoms with Gasteiger partial charge in [0.2, 0.25) is 0 Å². The molecule has 0 aliphatic rings. The molecule has 2 N–H and O–H groups in total. The average Bonchev–Trinajstić information content (AvgIpc) is 2.36. The minimum absolute atomic E-state index is 0.158. The Morgan fingerprint density at radius 3 is 2.29 bits per heavy atom. The van der Waals surface area contributed by atoms with E-state index >= 15 is 0 Å². The van der Waals surface area contributed by atoms with E-state index in [1.54, 1.807) is 0 Å². The molecule has 1 aromatic carbocycles. The van der Waals surface area contributed by atoms with E-state index in [1.807, 2.05) is 13.8 Å². The van der Waals surface area contributed by atoms with E-state index in [-0.39, 0.29) is 18.2 Å². The smallest absolute Gasteiger partial charge is 0.394 e. The number of nitrogens with one attached hydrogen (secondary N) is 1. The third-order valence-corrected chi connectivity index (χ3v) is 4.36. The number of halogens is 3. The third kappa shape index (κ3) is 4.34. The van der Waals surface area contributed by atoms with Gasteiger partial charge in [-0.3, -0.25) is 0 Å². The Morgan fingerprint density at radius 2 is 1.81 bits per heavy atom. The maximum absolute atomic E-state index is 12.7.